The molecule has 0 N–H and O–H groups in total. The van der Waals surface area contributed by atoms with E-state index in [1.807, 2.05) is 43.3 Å². The van der Waals surface area contributed by atoms with Crippen LogP contribution in [-0.4, -0.2) is 25.8 Å². The lowest BCUT2D eigenvalue weighted by Crippen LogP contribution is -2.25. The fourth-order valence-electron chi connectivity index (χ4n) is 2.75. The average molecular weight is 379 g/mol. The number of ketones is 1. The lowest BCUT2D eigenvalue weighted by Gasteiger charge is -2.17. The minimum Gasteiger partial charge on any atom is -0.452 e. The lowest BCUT2D eigenvalue weighted by atomic mass is 9.97. The third-order valence-corrected chi connectivity index (χ3v) is 4.56. The maximum Gasteiger partial charge on any atom is 0.316 e. The first-order valence-corrected chi connectivity index (χ1v) is 9.15. The molecule has 146 valence electrons. The molecule has 0 radical (unpaired) electrons. The monoisotopic (exact) mass is 379 g/mol. The standard InChI is InChI=1S/C23H25NO4/c1-14-18(28-22(26)23(2,3)4)12-11-17-20(25)19(27-21(14)17)13-15-7-9-16(10-8-15)24(5)6/h7-13H,1-6H3/b19-13-. The van der Waals surface area contributed by atoms with Gasteiger partial charge in [0, 0.05) is 25.3 Å². The molecule has 0 saturated heterocycles. The van der Waals surface area contributed by atoms with Crippen LogP contribution in [0.1, 0.15) is 42.3 Å². The number of anilines is 1. The summed E-state index contributed by atoms with van der Waals surface area (Å²) < 4.78 is 11.4. The topological polar surface area (TPSA) is 55.8 Å². The molecule has 1 heterocycles. The number of carbonyl (C=O) groups excluding carboxylic acids is 2. The van der Waals surface area contributed by atoms with Crippen LogP contribution in [0.5, 0.6) is 11.5 Å². The number of allylic oxidation sites excluding steroid dienone is 1. The molecule has 5 nitrogen and oxygen atoms in total. The van der Waals surface area contributed by atoms with E-state index in [9.17, 15) is 9.59 Å². The molecular weight excluding hydrogens is 354 g/mol. The van der Waals surface area contributed by atoms with Crippen molar-refractivity contribution < 1.29 is 19.1 Å². The molecule has 0 bridgehead atoms. The molecule has 0 aromatic heterocycles. The Balaban J connectivity index is 1.88. The summed E-state index contributed by atoms with van der Waals surface area (Å²) >= 11 is 0. The van der Waals surface area contributed by atoms with Gasteiger partial charge in [0.1, 0.15) is 11.5 Å². The summed E-state index contributed by atoms with van der Waals surface area (Å²) in [5, 5.41) is 0. The van der Waals surface area contributed by atoms with Crippen LogP contribution >= 0.6 is 0 Å². The molecule has 28 heavy (non-hydrogen) atoms. The van der Waals surface area contributed by atoms with E-state index in [0.717, 1.165) is 11.3 Å². The van der Waals surface area contributed by atoms with Crippen molar-refractivity contribution in [2.24, 2.45) is 5.41 Å². The van der Waals surface area contributed by atoms with Crippen LogP contribution in [0.3, 0.4) is 0 Å². The van der Waals surface area contributed by atoms with Gasteiger partial charge in [0.15, 0.2) is 5.76 Å². The van der Waals surface area contributed by atoms with Crippen molar-refractivity contribution >= 4 is 23.5 Å². The second-order valence-corrected chi connectivity index (χ2v) is 8.13. The highest BCUT2D eigenvalue weighted by Crippen LogP contribution is 2.39. The number of rotatable bonds is 3. The Kier molecular flexibility index (Phi) is 5.02. The van der Waals surface area contributed by atoms with E-state index in [1.54, 1.807) is 45.9 Å². The molecule has 0 fully saturated rings. The van der Waals surface area contributed by atoms with Crippen LogP contribution < -0.4 is 14.4 Å². The summed E-state index contributed by atoms with van der Waals surface area (Å²) in [4.78, 5) is 26.9. The van der Waals surface area contributed by atoms with Crippen LogP contribution in [0.2, 0.25) is 0 Å². The van der Waals surface area contributed by atoms with Crippen molar-refractivity contribution in [2.45, 2.75) is 27.7 Å². The van der Waals surface area contributed by atoms with Crippen molar-refractivity contribution in [1.82, 2.24) is 0 Å². The third-order valence-electron chi connectivity index (χ3n) is 4.56. The average Bonchev–Trinajstić information content (AvgIpc) is 2.94. The SMILES string of the molecule is Cc1c(OC(=O)C(C)(C)C)ccc2c1O/C(=C\c1ccc(N(C)C)cc1)C2=O. The number of hydrogen-bond acceptors (Lipinski definition) is 5. The Morgan fingerprint density at radius 2 is 1.71 bits per heavy atom. The van der Waals surface area contributed by atoms with Gasteiger partial charge in [-0.15, -0.1) is 0 Å². The van der Waals surface area contributed by atoms with E-state index in [4.69, 9.17) is 9.47 Å². The van der Waals surface area contributed by atoms with E-state index in [1.165, 1.54) is 0 Å². The van der Waals surface area contributed by atoms with Crippen LogP contribution in [-0.2, 0) is 4.79 Å². The highest BCUT2D eigenvalue weighted by atomic mass is 16.5. The zero-order valence-electron chi connectivity index (χ0n) is 17.1. The Labute approximate surface area is 165 Å². The number of nitrogens with zero attached hydrogens (tertiary/aromatic N) is 1. The van der Waals surface area contributed by atoms with Crippen LogP contribution in [0.25, 0.3) is 6.08 Å². The minimum atomic E-state index is -0.619. The highest BCUT2D eigenvalue weighted by Gasteiger charge is 2.31. The van der Waals surface area contributed by atoms with E-state index < -0.39 is 5.41 Å². The van der Waals surface area contributed by atoms with Gasteiger partial charge in [0.2, 0.25) is 5.78 Å². The number of carbonyl (C=O) groups is 2. The van der Waals surface area contributed by atoms with Crippen molar-refractivity contribution in [3.63, 3.8) is 0 Å². The van der Waals surface area contributed by atoms with E-state index in [-0.39, 0.29) is 17.5 Å². The summed E-state index contributed by atoms with van der Waals surface area (Å²) in [5.74, 6) is 0.596. The summed E-state index contributed by atoms with van der Waals surface area (Å²) in [6.07, 6.45) is 1.72. The van der Waals surface area contributed by atoms with Crippen LogP contribution in [0, 0.1) is 12.3 Å². The van der Waals surface area contributed by atoms with Gasteiger partial charge in [-0.3, -0.25) is 9.59 Å². The Morgan fingerprint density at radius 1 is 1.07 bits per heavy atom. The first-order chi connectivity index (χ1) is 13.1. The van der Waals surface area contributed by atoms with Crippen molar-refractivity contribution in [2.75, 3.05) is 19.0 Å². The lowest BCUT2D eigenvalue weighted by molar-refractivity contribution is -0.143. The predicted molar refractivity (Wildman–Crippen MR) is 110 cm³/mol. The van der Waals surface area contributed by atoms with Crippen molar-refractivity contribution in [1.29, 1.82) is 0 Å². The maximum atomic E-state index is 12.7. The number of benzene rings is 2. The predicted octanol–water partition coefficient (Wildman–Crippen LogP) is 4.63. The van der Waals surface area contributed by atoms with Gasteiger partial charge in [-0.25, -0.2) is 0 Å². The zero-order valence-corrected chi connectivity index (χ0v) is 17.1. The fraction of sp³-hybridized carbons (Fsp3) is 0.304. The Bertz CT molecular complexity index is 963. The van der Waals surface area contributed by atoms with Crippen LogP contribution in [0.15, 0.2) is 42.2 Å². The third kappa shape index (κ3) is 3.79. The normalized spacial score (nSPS) is 14.6. The van der Waals surface area contributed by atoms with E-state index in [0.29, 0.717) is 22.6 Å². The molecule has 2 aromatic rings. The molecule has 2 aromatic carbocycles. The smallest absolute Gasteiger partial charge is 0.316 e. The largest absolute Gasteiger partial charge is 0.452 e. The second-order valence-electron chi connectivity index (χ2n) is 8.13. The minimum absolute atomic E-state index is 0.177. The van der Waals surface area contributed by atoms with E-state index in [2.05, 4.69) is 0 Å². The number of Topliss-reactive ketones (excluding diaryl/α,β-unsaturated/α-hetero) is 1. The van der Waals surface area contributed by atoms with E-state index >= 15 is 0 Å². The molecule has 0 atom stereocenters. The first kappa shape index (κ1) is 19.7. The molecule has 0 spiro atoms. The summed E-state index contributed by atoms with van der Waals surface area (Å²) in [6.45, 7) is 7.16. The molecule has 1 aliphatic rings. The van der Waals surface area contributed by atoms with Gasteiger partial charge < -0.3 is 14.4 Å². The van der Waals surface area contributed by atoms with Gasteiger partial charge in [-0.05, 0) is 63.6 Å². The highest BCUT2D eigenvalue weighted by molar-refractivity contribution is 6.15. The molecule has 0 amide bonds. The van der Waals surface area contributed by atoms with Crippen molar-refractivity contribution in [3.05, 3.63) is 58.8 Å². The second kappa shape index (κ2) is 7.15. The molecular formula is C23H25NO4. The van der Waals surface area contributed by atoms with Crippen LogP contribution in [0.4, 0.5) is 5.69 Å². The quantitative estimate of drug-likeness (QED) is 0.442. The van der Waals surface area contributed by atoms with Crippen molar-refractivity contribution in [3.8, 4) is 11.5 Å². The summed E-state index contributed by atoms with van der Waals surface area (Å²) in [6, 6.07) is 11.1. The maximum absolute atomic E-state index is 12.7. The first-order valence-electron chi connectivity index (χ1n) is 9.15. The van der Waals surface area contributed by atoms with Gasteiger partial charge in [0.05, 0.1) is 11.0 Å². The molecule has 1 aliphatic heterocycles. The summed E-state index contributed by atoms with van der Waals surface area (Å²) in [5.41, 5.74) is 2.44. The van der Waals surface area contributed by atoms with Gasteiger partial charge in [0.25, 0.3) is 0 Å². The number of ether oxygens (including phenoxy) is 2. The Morgan fingerprint density at radius 3 is 2.29 bits per heavy atom. The molecule has 5 heteroatoms. The van der Waals surface area contributed by atoms with Gasteiger partial charge in [-0.1, -0.05) is 12.1 Å². The number of fused-ring (bicyclic) bond motifs is 1. The van der Waals surface area contributed by atoms with Gasteiger partial charge >= 0.3 is 5.97 Å². The Hall–Kier alpha value is -3.08. The molecule has 0 unspecified atom stereocenters. The molecule has 0 aliphatic carbocycles. The van der Waals surface area contributed by atoms with Gasteiger partial charge in [-0.2, -0.15) is 0 Å². The molecule has 3 rings (SSSR count). The summed E-state index contributed by atoms with van der Waals surface area (Å²) in [7, 11) is 3.95. The zero-order chi connectivity index (χ0) is 20.6. The molecule has 0 saturated carbocycles. The number of hydrogen-bond donors (Lipinski definition) is 0. The number of esters is 1. The fourth-order valence-corrected chi connectivity index (χ4v) is 2.75.